The van der Waals surface area contributed by atoms with E-state index in [4.69, 9.17) is 0 Å². The second kappa shape index (κ2) is 4.47. The van der Waals surface area contributed by atoms with Crippen LogP contribution in [0.25, 0.3) is 0 Å². The maximum atomic E-state index is 11.9. The molecule has 1 fully saturated rings. The third kappa shape index (κ3) is 2.29. The van der Waals surface area contributed by atoms with Gasteiger partial charge in [0.15, 0.2) is 0 Å². The van der Waals surface area contributed by atoms with Crippen LogP contribution in [0.2, 0.25) is 0 Å². The Kier molecular flexibility index (Phi) is 3.03. The van der Waals surface area contributed by atoms with E-state index < -0.39 is 0 Å². The number of carbonyl (C=O) groups is 2. The fourth-order valence-electron chi connectivity index (χ4n) is 1.91. The van der Waals surface area contributed by atoms with Gasteiger partial charge in [0, 0.05) is 18.8 Å². The maximum absolute atomic E-state index is 11.9. The van der Waals surface area contributed by atoms with Gasteiger partial charge in [0.2, 0.25) is 5.91 Å². The van der Waals surface area contributed by atoms with Crippen molar-refractivity contribution in [1.29, 1.82) is 0 Å². The van der Waals surface area contributed by atoms with Crippen molar-refractivity contribution in [2.24, 2.45) is 5.92 Å². The van der Waals surface area contributed by atoms with Gasteiger partial charge in [-0.3, -0.25) is 14.7 Å². The van der Waals surface area contributed by atoms with Crippen LogP contribution in [0.3, 0.4) is 0 Å². The summed E-state index contributed by atoms with van der Waals surface area (Å²) in [4.78, 5) is 22.9. The number of rotatable bonds is 2. The van der Waals surface area contributed by atoms with Crippen LogP contribution in [-0.2, 0) is 9.59 Å². The van der Waals surface area contributed by atoms with Gasteiger partial charge in [0.25, 0.3) is 0 Å². The quantitative estimate of drug-likeness (QED) is 0.793. The molecule has 0 aromatic carbocycles. The highest BCUT2D eigenvalue weighted by atomic mass is 16.2. The molecule has 0 bridgehead atoms. The lowest BCUT2D eigenvalue weighted by molar-refractivity contribution is -0.125. The van der Waals surface area contributed by atoms with Gasteiger partial charge >= 0.3 is 0 Å². The Balaban J connectivity index is 1.93. The van der Waals surface area contributed by atoms with Gasteiger partial charge in [-0.05, 0) is 19.8 Å². The summed E-state index contributed by atoms with van der Waals surface area (Å²) in [6.07, 6.45) is 4.00. The van der Waals surface area contributed by atoms with Gasteiger partial charge < -0.3 is 5.32 Å². The van der Waals surface area contributed by atoms with Crippen molar-refractivity contribution in [1.82, 2.24) is 10.2 Å². The van der Waals surface area contributed by atoms with Crippen LogP contribution in [0.1, 0.15) is 31.4 Å². The third-order valence-corrected chi connectivity index (χ3v) is 3.00. The number of hydrogen-bond acceptors (Lipinski definition) is 3. The molecular formula is C11H15N3O2. The van der Waals surface area contributed by atoms with E-state index >= 15 is 0 Å². The van der Waals surface area contributed by atoms with Crippen LogP contribution >= 0.6 is 0 Å². The first kappa shape index (κ1) is 10.9. The second-order valence-corrected chi connectivity index (χ2v) is 4.21. The molecule has 1 aromatic heterocycles. The molecule has 0 aliphatic heterocycles. The molecule has 2 rings (SSSR count). The molecule has 1 aliphatic carbocycles. The largest absolute Gasteiger partial charge is 0.323 e. The van der Waals surface area contributed by atoms with Crippen molar-refractivity contribution < 1.29 is 9.59 Å². The number of hydrogen-bond donors (Lipinski definition) is 2. The zero-order valence-electron chi connectivity index (χ0n) is 9.25. The van der Waals surface area contributed by atoms with Crippen molar-refractivity contribution >= 4 is 17.4 Å². The lowest BCUT2D eigenvalue weighted by Crippen LogP contribution is -2.27. The van der Waals surface area contributed by atoms with E-state index in [0.717, 1.165) is 11.4 Å². The van der Waals surface area contributed by atoms with Crippen molar-refractivity contribution in [3.8, 4) is 0 Å². The standard InChI is InChI=1S/C11H15N3O2/c1-7-10(6-12-14-7)13-11(16)8-2-4-9(15)5-3-8/h6,8H,2-5H2,1H3,(H,12,14)(H,13,16). The number of anilines is 1. The van der Waals surface area contributed by atoms with E-state index in [1.807, 2.05) is 6.92 Å². The molecule has 5 nitrogen and oxygen atoms in total. The van der Waals surface area contributed by atoms with E-state index in [0.29, 0.717) is 25.7 Å². The molecule has 1 saturated carbocycles. The lowest BCUT2D eigenvalue weighted by atomic mass is 9.88. The summed E-state index contributed by atoms with van der Waals surface area (Å²) in [7, 11) is 0. The van der Waals surface area contributed by atoms with Gasteiger partial charge in [-0.25, -0.2) is 0 Å². The molecule has 16 heavy (non-hydrogen) atoms. The average molecular weight is 221 g/mol. The Labute approximate surface area is 93.6 Å². The van der Waals surface area contributed by atoms with Gasteiger partial charge in [-0.2, -0.15) is 5.10 Å². The summed E-state index contributed by atoms with van der Waals surface area (Å²) in [6.45, 7) is 1.85. The highest BCUT2D eigenvalue weighted by Crippen LogP contribution is 2.23. The fourth-order valence-corrected chi connectivity index (χ4v) is 1.91. The zero-order valence-corrected chi connectivity index (χ0v) is 9.25. The molecule has 1 amide bonds. The number of ketones is 1. The monoisotopic (exact) mass is 221 g/mol. The minimum atomic E-state index is -0.0352. The Hall–Kier alpha value is -1.65. The Morgan fingerprint density at radius 2 is 2.19 bits per heavy atom. The van der Waals surface area contributed by atoms with Gasteiger partial charge in [0.1, 0.15) is 5.78 Å². The Morgan fingerprint density at radius 3 is 2.75 bits per heavy atom. The number of Topliss-reactive ketones (excluding diaryl/α,β-unsaturated/α-hetero) is 1. The number of aryl methyl sites for hydroxylation is 1. The summed E-state index contributed by atoms with van der Waals surface area (Å²) in [5.74, 6) is 0.229. The van der Waals surface area contributed by atoms with Crippen LogP contribution in [0.5, 0.6) is 0 Å². The number of aromatic amines is 1. The molecule has 1 heterocycles. The fraction of sp³-hybridized carbons (Fsp3) is 0.545. The van der Waals surface area contributed by atoms with Crippen LogP contribution in [0, 0.1) is 12.8 Å². The summed E-state index contributed by atoms with van der Waals surface area (Å²) >= 11 is 0. The van der Waals surface area contributed by atoms with Crippen LogP contribution < -0.4 is 5.32 Å². The number of nitrogens with zero attached hydrogens (tertiary/aromatic N) is 1. The van der Waals surface area contributed by atoms with Crippen LogP contribution in [-0.4, -0.2) is 21.9 Å². The number of amides is 1. The minimum Gasteiger partial charge on any atom is -0.323 e. The van der Waals surface area contributed by atoms with E-state index in [9.17, 15) is 9.59 Å². The van der Waals surface area contributed by atoms with Crippen LogP contribution in [0.15, 0.2) is 6.20 Å². The topological polar surface area (TPSA) is 74.8 Å². The molecule has 1 aromatic rings. The summed E-state index contributed by atoms with van der Waals surface area (Å²) in [6, 6.07) is 0. The first-order valence-electron chi connectivity index (χ1n) is 5.49. The lowest BCUT2D eigenvalue weighted by Gasteiger charge is -2.19. The zero-order chi connectivity index (χ0) is 11.5. The normalized spacial score (nSPS) is 17.4. The molecule has 0 spiro atoms. The maximum Gasteiger partial charge on any atom is 0.227 e. The Bertz CT molecular complexity index is 401. The molecule has 2 N–H and O–H groups in total. The van der Waals surface area contributed by atoms with Crippen LogP contribution in [0.4, 0.5) is 5.69 Å². The highest BCUT2D eigenvalue weighted by Gasteiger charge is 2.25. The van der Waals surface area contributed by atoms with Crippen molar-refractivity contribution in [3.63, 3.8) is 0 Å². The van der Waals surface area contributed by atoms with Crippen molar-refractivity contribution in [2.45, 2.75) is 32.6 Å². The first-order chi connectivity index (χ1) is 7.66. The summed E-state index contributed by atoms with van der Waals surface area (Å²) in [5, 5.41) is 9.43. The predicted molar refractivity (Wildman–Crippen MR) is 58.9 cm³/mol. The molecular weight excluding hydrogens is 206 g/mol. The molecule has 0 atom stereocenters. The smallest absolute Gasteiger partial charge is 0.227 e. The molecule has 0 saturated heterocycles. The van der Waals surface area contributed by atoms with E-state index in [-0.39, 0.29) is 17.6 Å². The van der Waals surface area contributed by atoms with Gasteiger partial charge in [0.05, 0.1) is 17.6 Å². The second-order valence-electron chi connectivity index (χ2n) is 4.21. The molecule has 1 aliphatic rings. The number of carbonyl (C=O) groups excluding carboxylic acids is 2. The summed E-state index contributed by atoms with van der Waals surface area (Å²) in [5.41, 5.74) is 1.57. The highest BCUT2D eigenvalue weighted by molar-refractivity contribution is 5.94. The molecule has 86 valence electrons. The third-order valence-electron chi connectivity index (χ3n) is 3.00. The minimum absolute atomic E-state index is 0.00278. The first-order valence-corrected chi connectivity index (χ1v) is 5.49. The molecule has 0 unspecified atom stereocenters. The average Bonchev–Trinajstić information content (AvgIpc) is 2.65. The number of H-pyrrole nitrogens is 1. The predicted octanol–water partition coefficient (Wildman–Crippen LogP) is 1.42. The van der Waals surface area contributed by atoms with E-state index in [1.54, 1.807) is 6.20 Å². The SMILES string of the molecule is Cc1[nH]ncc1NC(=O)C1CCC(=O)CC1. The van der Waals surface area contributed by atoms with E-state index in [2.05, 4.69) is 15.5 Å². The molecule has 0 radical (unpaired) electrons. The van der Waals surface area contributed by atoms with Crippen molar-refractivity contribution in [2.75, 3.05) is 5.32 Å². The van der Waals surface area contributed by atoms with Gasteiger partial charge in [-0.15, -0.1) is 0 Å². The molecule has 5 heteroatoms. The Morgan fingerprint density at radius 1 is 1.50 bits per heavy atom. The van der Waals surface area contributed by atoms with E-state index in [1.165, 1.54) is 0 Å². The summed E-state index contributed by atoms with van der Waals surface area (Å²) < 4.78 is 0. The van der Waals surface area contributed by atoms with Crippen molar-refractivity contribution in [3.05, 3.63) is 11.9 Å². The number of nitrogens with one attached hydrogen (secondary N) is 2. The number of aromatic nitrogens is 2. The van der Waals surface area contributed by atoms with Gasteiger partial charge in [-0.1, -0.05) is 0 Å².